The van der Waals surface area contributed by atoms with E-state index in [-0.39, 0.29) is 0 Å². The Morgan fingerprint density at radius 1 is 1.17 bits per heavy atom. The van der Waals surface area contributed by atoms with E-state index in [2.05, 4.69) is 16.0 Å². The lowest BCUT2D eigenvalue weighted by atomic mass is 10.0. The number of hydrogen-bond acceptors (Lipinski definition) is 3. The molecule has 1 heterocycles. The standard InChI is InChI=1S/C15H20N2O/c1-9-6-12(11(3)18)8-13-14(17(4)5)7-10(2)16-15(9)13/h6-8,11,18H,1-5H3. The Balaban J connectivity index is 2.84. The molecule has 96 valence electrons. The Kier molecular flexibility index (Phi) is 3.26. The van der Waals surface area contributed by atoms with Crippen molar-refractivity contribution in [2.45, 2.75) is 26.9 Å². The van der Waals surface area contributed by atoms with E-state index >= 15 is 0 Å². The van der Waals surface area contributed by atoms with Crippen LogP contribution in [0.1, 0.15) is 29.8 Å². The first-order chi connectivity index (χ1) is 8.40. The fourth-order valence-electron chi connectivity index (χ4n) is 2.25. The molecule has 0 bridgehead atoms. The number of pyridine rings is 1. The highest BCUT2D eigenvalue weighted by Crippen LogP contribution is 2.30. The maximum Gasteiger partial charge on any atom is 0.0762 e. The van der Waals surface area contributed by atoms with Gasteiger partial charge in [-0.2, -0.15) is 0 Å². The zero-order valence-electron chi connectivity index (χ0n) is 11.7. The van der Waals surface area contributed by atoms with Gasteiger partial charge in [0, 0.05) is 30.9 Å². The molecule has 2 aromatic rings. The molecule has 3 nitrogen and oxygen atoms in total. The molecule has 0 spiro atoms. The molecule has 18 heavy (non-hydrogen) atoms. The molecule has 0 saturated heterocycles. The summed E-state index contributed by atoms with van der Waals surface area (Å²) >= 11 is 0. The monoisotopic (exact) mass is 244 g/mol. The van der Waals surface area contributed by atoms with E-state index in [9.17, 15) is 5.11 Å². The second kappa shape index (κ2) is 4.58. The topological polar surface area (TPSA) is 36.4 Å². The third-order valence-electron chi connectivity index (χ3n) is 3.20. The minimum Gasteiger partial charge on any atom is -0.389 e. The van der Waals surface area contributed by atoms with E-state index in [1.54, 1.807) is 6.92 Å². The smallest absolute Gasteiger partial charge is 0.0762 e. The SMILES string of the molecule is Cc1cc(N(C)C)c2cc(C(C)O)cc(C)c2n1. The number of rotatable bonds is 2. The van der Waals surface area contributed by atoms with E-state index in [4.69, 9.17) is 0 Å². The molecular weight excluding hydrogens is 224 g/mol. The van der Waals surface area contributed by atoms with Crippen LogP contribution in [0.25, 0.3) is 10.9 Å². The molecule has 3 heteroatoms. The van der Waals surface area contributed by atoms with E-state index < -0.39 is 6.10 Å². The zero-order chi connectivity index (χ0) is 13.4. The van der Waals surface area contributed by atoms with Gasteiger partial charge >= 0.3 is 0 Å². The summed E-state index contributed by atoms with van der Waals surface area (Å²) in [7, 11) is 4.05. The van der Waals surface area contributed by atoms with Crippen molar-refractivity contribution in [3.8, 4) is 0 Å². The Bertz CT molecular complexity index is 589. The number of aliphatic hydroxyl groups excluding tert-OH is 1. The minimum absolute atomic E-state index is 0.454. The minimum atomic E-state index is -0.454. The fourth-order valence-corrected chi connectivity index (χ4v) is 2.25. The second-order valence-corrected chi connectivity index (χ2v) is 5.09. The molecule has 0 saturated carbocycles. The number of fused-ring (bicyclic) bond motifs is 1. The van der Waals surface area contributed by atoms with Crippen molar-refractivity contribution in [2.24, 2.45) is 0 Å². The molecule has 1 atom stereocenters. The summed E-state index contributed by atoms with van der Waals surface area (Å²) in [5.41, 5.74) is 5.22. The molecule has 0 amide bonds. The molecule has 0 fully saturated rings. The normalized spacial score (nSPS) is 12.8. The van der Waals surface area contributed by atoms with E-state index in [0.29, 0.717) is 0 Å². The number of aromatic nitrogens is 1. The number of aliphatic hydroxyl groups is 1. The first-order valence-corrected chi connectivity index (χ1v) is 6.17. The van der Waals surface area contributed by atoms with Crippen molar-refractivity contribution < 1.29 is 5.11 Å². The van der Waals surface area contributed by atoms with Gasteiger partial charge in [0.15, 0.2) is 0 Å². The average molecular weight is 244 g/mol. The van der Waals surface area contributed by atoms with E-state index in [1.165, 1.54) is 0 Å². The van der Waals surface area contributed by atoms with Gasteiger partial charge in [-0.05, 0) is 44.0 Å². The van der Waals surface area contributed by atoms with Gasteiger partial charge in [-0.15, -0.1) is 0 Å². The molecule has 1 unspecified atom stereocenters. The number of benzene rings is 1. The van der Waals surface area contributed by atoms with Crippen LogP contribution < -0.4 is 4.90 Å². The summed E-state index contributed by atoms with van der Waals surface area (Å²) in [5, 5.41) is 10.9. The summed E-state index contributed by atoms with van der Waals surface area (Å²) in [6, 6.07) is 6.13. The molecule has 0 aliphatic rings. The Labute approximate surface area is 108 Å². The maximum absolute atomic E-state index is 9.76. The van der Waals surface area contributed by atoms with Crippen molar-refractivity contribution in [1.82, 2.24) is 4.98 Å². The van der Waals surface area contributed by atoms with Crippen LogP contribution in [0, 0.1) is 13.8 Å². The van der Waals surface area contributed by atoms with Crippen molar-refractivity contribution in [1.29, 1.82) is 0 Å². The molecule has 0 aliphatic carbocycles. The zero-order valence-corrected chi connectivity index (χ0v) is 11.7. The quantitative estimate of drug-likeness (QED) is 0.882. The number of aryl methyl sites for hydroxylation is 2. The Morgan fingerprint density at radius 3 is 2.39 bits per heavy atom. The largest absolute Gasteiger partial charge is 0.389 e. The first kappa shape index (κ1) is 12.8. The molecule has 1 aromatic heterocycles. The molecular formula is C15H20N2O. The molecule has 0 radical (unpaired) electrons. The second-order valence-electron chi connectivity index (χ2n) is 5.09. The first-order valence-electron chi connectivity index (χ1n) is 6.17. The average Bonchev–Trinajstić information content (AvgIpc) is 2.28. The lowest BCUT2D eigenvalue weighted by Crippen LogP contribution is -2.10. The van der Waals surface area contributed by atoms with Crippen molar-refractivity contribution in [3.63, 3.8) is 0 Å². The third kappa shape index (κ3) is 2.18. The van der Waals surface area contributed by atoms with Crippen LogP contribution in [0.2, 0.25) is 0 Å². The van der Waals surface area contributed by atoms with Gasteiger partial charge in [0.2, 0.25) is 0 Å². The predicted octanol–water partition coefficient (Wildman–Crippen LogP) is 2.97. The van der Waals surface area contributed by atoms with Crippen LogP contribution in [0.5, 0.6) is 0 Å². The summed E-state index contributed by atoms with van der Waals surface area (Å²) in [6.45, 7) is 5.84. The van der Waals surface area contributed by atoms with Crippen molar-refractivity contribution in [2.75, 3.05) is 19.0 Å². The van der Waals surface area contributed by atoms with Gasteiger partial charge in [-0.1, -0.05) is 6.07 Å². The summed E-state index contributed by atoms with van der Waals surface area (Å²) in [4.78, 5) is 6.70. The molecule has 1 aromatic carbocycles. The van der Waals surface area contributed by atoms with Gasteiger partial charge in [-0.3, -0.25) is 4.98 Å². The third-order valence-corrected chi connectivity index (χ3v) is 3.20. The highest BCUT2D eigenvalue weighted by molar-refractivity contribution is 5.94. The molecule has 0 aliphatic heterocycles. The lowest BCUT2D eigenvalue weighted by molar-refractivity contribution is 0.199. The number of nitrogens with zero attached hydrogens (tertiary/aromatic N) is 2. The number of hydrogen-bond donors (Lipinski definition) is 1. The van der Waals surface area contributed by atoms with Gasteiger partial charge in [0.1, 0.15) is 0 Å². The van der Waals surface area contributed by atoms with Crippen LogP contribution >= 0.6 is 0 Å². The van der Waals surface area contributed by atoms with E-state index in [1.807, 2.05) is 40.1 Å². The summed E-state index contributed by atoms with van der Waals surface area (Å²) in [5.74, 6) is 0. The maximum atomic E-state index is 9.76. The van der Waals surface area contributed by atoms with Crippen LogP contribution in [0.15, 0.2) is 18.2 Å². The number of anilines is 1. The predicted molar refractivity (Wildman–Crippen MR) is 76.2 cm³/mol. The fraction of sp³-hybridized carbons (Fsp3) is 0.400. The highest BCUT2D eigenvalue weighted by atomic mass is 16.3. The van der Waals surface area contributed by atoms with Crippen LogP contribution in [-0.2, 0) is 0 Å². The summed E-state index contributed by atoms with van der Waals surface area (Å²) < 4.78 is 0. The van der Waals surface area contributed by atoms with E-state index in [0.717, 1.165) is 33.4 Å². The lowest BCUT2D eigenvalue weighted by Gasteiger charge is -2.18. The molecule has 1 N–H and O–H groups in total. The Morgan fingerprint density at radius 2 is 1.83 bits per heavy atom. The van der Waals surface area contributed by atoms with Gasteiger partial charge in [-0.25, -0.2) is 0 Å². The van der Waals surface area contributed by atoms with Crippen LogP contribution in [0.4, 0.5) is 5.69 Å². The van der Waals surface area contributed by atoms with Crippen LogP contribution in [-0.4, -0.2) is 24.2 Å². The van der Waals surface area contributed by atoms with Crippen molar-refractivity contribution in [3.05, 3.63) is 35.0 Å². The Hall–Kier alpha value is -1.61. The van der Waals surface area contributed by atoms with Crippen LogP contribution in [0.3, 0.4) is 0 Å². The highest BCUT2D eigenvalue weighted by Gasteiger charge is 2.11. The molecule has 2 rings (SSSR count). The van der Waals surface area contributed by atoms with Gasteiger partial charge in [0.25, 0.3) is 0 Å². The summed E-state index contributed by atoms with van der Waals surface area (Å²) in [6.07, 6.45) is -0.454. The van der Waals surface area contributed by atoms with Gasteiger partial charge in [0.05, 0.1) is 11.6 Å². The van der Waals surface area contributed by atoms with Gasteiger partial charge < -0.3 is 10.0 Å². The van der Waals surface area contributed by atoms with Crippen molar-refractivity contribution >= 4 is 16.6 Å².